The molecule has 0 bridgehead atoms. The fourth-order valence-electron chi connectivity index (χ4n) is 2.56. The van der Waals surface area contributed by atoms with Gasteiger partial charge in [-0.3, -0.25) is 4.79 Å². The van der Waals surface area contributed by atoms with Crippen LogP contribution in [0.25, 0.3) is 11.3 Å². The van der Waals surface area contributed by atoms with Crippen LogP contribution in [0, 0.1) is 0 Å². The molecule has 1 heterocycles. The maximum atomic E-state index is 12.1. The summed E-state index contributed by atoms with van der Waals surface area (Å²) < 4.78 is 10.3. The summed E-state index contributed by atoms with van der Waals surface area (Å²) in [6.45, 7) is 0.377. The van der Waals surface area contributed by atoms with Crippen molar-refractivity contribution in [1.82, 2.24) is 10.3 Å². The van der Waals surface area contributed by atoms with Crippen LogP contribution in [0.3, 0.4) is 0 Å². The third-order valence-corrected chi connectivity index (χ3v) is 4.36. The van der Waals surface area contributed by atoms with E-state index in [1.54, 1.807) is 42.6 Å². The third kappa shape index (κ3) is 5.20. The second-order valence-corrected chi connectivity index (χ2v) is 6.53. The van der Waals surface area contributed by atoms with Crippen LogP contribution in [-0.4, -0.2) is 24.0 Å². The molecule has 0 spiro atoms. The number of rotatable bonds is 7. The Morgan fingerprint density at radius 3 is 2.50 bits per heavy atom. The zero-order valence-electron chi connectivity index (χ0n) is 15.3. The highest BCUT2D eigenvalue weighted by molar-refractivity contribution is 6.30. The molecule has 0 saturated carbocycles. The minimum absolute atomic E-state index is 0.108. The minimum atomic E-state index is -0.389. The summed E-state index contributed by atoms with van der Waals surface area (Å²) in [6, 6.07) is 14.2. The Bertz CT molecular complexity index is 949. The van der Waals surface area contributed by atoms with Crippen molar-refractivity contribution in [2.24, 2.45) is 0 Å². The molecule has 0 aliphatic carbocycles. The Hall–Kier alpha value is -3.12. The van der Waals surface area contributed by atoms with Crippen molar-refractivity contribution in [3.05, 3.63) is 76.8 Å². The maximum Gasteiger partial charge on any atom is 0.337 e. The number of ether oxygens (including phenoxy) is 1. The van der Waals surface area contributed by atoms with Gasteiger partial charge in [-0.25, -0.2) is 9.78 Å². The molecule has 0 aliphatic rings. The summed E-state index contributed by atoms with van der Waals surface area (Å²) in [5, 5.41) is 3.49. The average Bonchev–Trinajstić information content (AvgIpc) is 3.20. The number of nitrogens with one attached hydrogen (secondary N) is 1. The lowest BCUT2D eigenvalue weighted by Crippen LogP contribution is -2.23. The summed E-state index contributed by atoms with van der Waals surface area (Å²) in [6.07, 6.45) is 2.31. The van der Waals surface area contributed by atoms with Gasteiger partial charge in [-0.2, -0.15) is 0 Å². The number of aryl methyl sites for hydroxylation is 1. The van der Waals surface area contributed by atoms with Gasteiger partial charge in [-0.15, -0.1) is 0 Å². The van der Waals surface area contributed by atoms with Crippen molar-refractivity contribution in [2.45, 2.75) is 19.4 Å². The summed E-state index contributed by atoms with van der Waals surface area (Å²) in [7, 11) is 1.34. The number of carbonyl (C=O) groups excluding carboxylic acids is 2. The Morgan fingerprint density at radius 2 is 1.82 bits per heavy atom. The van der Waals surface area contributed by atoms with Crippen LogP contribution in [-0.2, 0) is 22.5 Å². The molecule has 1 amide bonds. The van der Waals surface area contributed by atoms with E-state index >= 15 is 0 Å². The highest BCUT2D eigenvalue weighted by Crippen LogP contribution is 2.22. The third-order valence-electron chi connectivity index (χ3n) is 4.11. The number of aromatic nitrogens is 1. The second-order valence-electron chi connectivity index (χ2n) is 6.09. The zero-order chi connectivity index (χ0) is 19.9. The van der Waals surface area contributed by atoms with E-state index < -0.39 is 0 Å². The van der Waals surface area contributed by atoms with Gasteiger partial charge in [0.05, 0.1) is 18.9 Å². The molecule has 0 aliphatic heterocycles. The van der Waals surface area contributed by atoms with Crippen LogP contribution in [0.4, 0.5) is 0 Å². The predicted molar refractivity (Wildman–Crippen MR) is 105 cm³/mol. The van der Waals surface area contributed by atoms with Gasteiger partial charge < -0.3 is 14.5 Å². The minimum Gasteiger partial charge on any atom is -0.465 e. The fourth-order valence-corrected chi connectivity index (χ4v) is 2.69. The van der Waals surface area contributed by atoms with Gasteiger partial charge in [-0.1, -0.05) is 23.7 Å². The largest absolute Gasteiger partial charge is 0.465 e. The second kappa shape index (κ2) is 9.19. The Morgan fingerprint density at radius 1 is 1.11 bits per heavy atom. The first-order valence-electron chi connectivity index (χ1n) is 8.70. The quantitative estimate of drug-likeness (QED) is 0.607. The van der Waals surface area contributed by atoms with E-state index in [2.05, 4.69) is 15.0 Å². The number of hydrogen-bond acceptors (Lipinski definition) is 5. The van der Waals surface area contributed by atoms with Gasteiger partial charge in [-0.05, 0) is 42.0 Å². The summed E-state index contributed by atoms with van der Waals surface area (Å²) in [4.78, 5) is 27.7. The van der Waals surface area contributed by atoms with Crippen molar-refractivity contribution in [2.75, 3.05) is 7.11 Å². The van der Waals surface area contributed by atoms with Crippen LogP contribution in [0.1, 0.15) is 28.2 Å². The summed E-state index contributed by atoms with van der Waals surface area (Å²) in [5.74, 6) is 0.642. The van der Waals surface area contributed by atoms with Crippen molar-refractivity contribution in [3.8, 4) is 11.3 Å². The number of methoxy groups -OCH3 is 1. The van der Waals surface area contributed by atoms with E-state index in [4.69, 9.17) is 16.0 Å². The Labute approximate surface area is 167 Å². The van der Waals surface area contributed by atoms with E-state index in [9.17, 15) is 9.59 Å². The number of oxazole rings is 1. The van der Waals surface area contributed by atoms with Gasteiger partial charge in [0.15, 0.2) is 11.7 Å². The lowest BCUT2D eigenvalue weighted by atomic mass is 10.1. The zero-order valence-corrected chi connectivity index (χ0v) is 16.0. The van der Waals surface area contributed by atoms with Crippen LogP contribution in [0.5, 0.6) is 0 Å². The standard InChI is InChI=1S/C21H19ClN2O4/c1-27-21(26)16-4-2-14(3-5-16)12-23-19(25)10-11-20-24-13-18(28-20)15-6-8-17(22)9-7-15/h2-9,13H,10-12H2,1H3,(H,23,25). The normalized spacial score (nSPS) is 10.5. The number of hydrogen-bond donors (Lipinski definition) is 1. The first-order valence-corrected chi connectivity index (χ1v) is 9.07. The van der Waals surface area contributed by atoms with Crippen LogP contribution < -0.4 is 5.32 Å². The van der Waals surface area contributed by atoms with Gasteiger partial charge >= 0.3 is 5.97 Å². The molecular weight excluding hydrogens is 380 g/mol. The molecule has 7 heteroatoms. The van der Waals surface area contributed by atoms with E-state index in [-0.39, 0.29) is 18.3 Å². The highest BCUT2D eigenvalue weighted by Gasteiger charge is 2.10. The van der Waals surface area contributed by atoms with Crippen molar-refractivity contribution >= 4 is 23.5 Å². The topological polar surface area (TPSA) is 81.4 Å². The van der Waals surface area contributed by atoms with E-state index in [0.717, 1.165) is 11.1 Å². The molecule has 28 heavy (non-hydrogen) atoms. The molecule has 0 unspecified atom stereocenters. The number of carbonyl (C=O) groups is 2. The van der Waals surface area contributed by atoms with E-state index in [1.165, 1.54) is 7.11 Å². The number of amides is 1. The van der Waals surface area contributed by atoms with E-state index in [1.807, 2.05) is 12.1 Å². The Balaban J connectivity index is 1.47. The SMILES string of the molecule is COC(=O)c1ccc(CNC(=O)CCc2ncc(-c3ccc(Cl)cc3)o2)cc1. The first-order chi connectivity index (χ1) is 13.5. The number of halogens is 1. The highest BCUT2D eigenvalue weighted by atomic mass is 35.5. The monoisotopic (exact) mass is 398 g/mol. The molecule has 2 aromatic carbocycles. The lowest BCUT2D eigenvalue weighted by molar-refractivity contribution is -0.121. The molecule has 0 fully saturated rings. The molecule has 6 nitrogen and oxygen atoms in total. The first kappa shape index (κ1) is 19.6. The van der Waals surface area contributed by atoms with Gasteiger partial charge in [0.2, 0.25) is 5.91 Å². The summed E-state index contributed by atoms with van der Waals surface area (Å²) in [5.41, 5.74) is 2.24. The van der Waals surface area contributed by atoms with Gasteiger partial charge in [0.1, 0.15) is 0 Å². The molecule has 3 rings (SSSR count). The molecule has 144 valence electrons. The maximum absolute atomic E-state index is 12.1. The molecule has 1 N–H and O–H groups in total. The Kier molecular flexibility index (Phi) is 6.45. The molecule has 0 atom stereocenters. The number of nitrogens with zero attached hydrogens (tertiary/aromatic N) is 1. The van der Waals surface area contributed by atoms with Crippen molar-refractivity contribution in [1.29, 1.82) is 0 Å². The molecule has 0 radical (unpaired) electrons. The van der Waals surface area contributed by atoms with Crippen LogP contribution in [0.15, 0.2) is 59.1 Å². The fraction of sp³-hybridized carbons (Fsp3) is 0.190. The molecule has 1 aromatic heterocycles. The summed E-state index contributed by atoms with van der Waals surface area (Å²) >= 11 is 5.88. The lowest BCUT2D eigenvalue weighted by Gasteiger charge is -2.05. The van der Waals surface area contributed by atoms with Crippen molar-refractivity contribution < 1.29 is 18.7 Å². The number of esters is 1. The van der Waals surface area contributed by atoms with E-state index in [0.29, 0.717) is 35.2 Å². The van der Waals surface area contributed by atoms with Gasteiger partial charge in [0, 0.05) is 30.0 Å². The molecule has 0 saturated heterocycles. The van der Waals surface area contributed by atoms with Crippen LogP contribution in [0.2, 0.25) is 5.02 Å². The smallest absolute Gasteiger partial charge is 0.337 e. The van der Waals surface area contributed by atoms with Gasteiger partial charge in [0.25, 0.3) is 0 Å². The van der Waals surface area contributed by atoms with Crippen molar-refractivity contribution in [3.63, 3.8) is 0 Å². The number of benzene rings is 2. The predicted octanol–water partition coefficient (Wildman–Crippen LogP) is 4.03. The molecule has 3 aromatic rings. The average molecular weight is 399 g/mol. The van der Waals surface area contributed by atoms with Crippen LogP contribution >= 0.6 is 11.6 Å². The molecular formula is C21H19ClN2O4.